The van der Waals surface area contributed by atoms with Gasteiger partial charge < -0.3 is 14.7 Å². The summed E-state index contributed by atoms with van der Waals surface area (Å²) in [4.78, 5) is 2.13. The lowest BCUT2D eigenvalue weighted by atomic mass is 9.98. The molecule has 1 aliphatic rings. The number of aliphatic hydroxyl groups excluding tert-OH is 1. The van der Waals surface area contributed by atoms with Crippen molar-refractivity contribution in [2.24, 2.45) is 5.92 Å². The molecule has 18 heavy (non-hydrogen) atoms. The van der Waals surface area contributed by atoms with Crippen LogP contribution in [-0.4, -0.2) is 42.9 Å². The molecule has 1 aromatic carbocycles. The van der Waals surface area contributed by atoms with Crippen LogP contribution in [0.15, 0.2) is 24.3 Å². The fraction of sp³-hybridized carbons (Fsp3) is 0.571. The van der Waals surface area contributed by atoms with Crippen LogP contribution in [0.3, 0.4) is 0 Å². The molecule has 1 saturated heterocycles. The number of ether oxygens (including phenoxy) is 1. The highest BCUT2D eigenvalue weighted by atomic mass is 19.1. The predicted molar refractivity (Wildman–Crippen MR) is 67.7 cm³/mol. The first-order chi connectivity index (χ1) is 8.65. The first-order valence-electron chi connectivity index (χ1n) is 6.34. The Morgan fingerprint density at radius 1 is 1.39 bits per heavy atom. The Kier molecular flexibility index (Phi) is 4.69. The highest BCUT2D eigenvalue weighted by molar-refractivity contribution is 5.15. The van der Waals surface area contributed by atoms with Crippen LogP contribution in [-0.2, 0) is 11.3 Å². The maximum Gasteiger partial charge on any atom is 0.123 e. The number of hydrogen-bond acceptors (Lipinski definition) is 3. The van der Waals surface area contributed by atoms with Gasteiger partial charge in [-0.15, -0.1) is 0 Å². The van der Waals surface area contributed by atoms with E-state index in [2.05, 4.69) is 4.90 Å². The smallest absolute Gasteiger partial charge is 0.123 e. The fourth-order valence-corrected chi connectivity index (χ4v) is 2.33. The molecule has 3 nitrogen and oxygen atoms in total. The van der Waals surface area contributed by atoms with Gasteiger partial charge >= 0.3 is 0 Å². The Hall–Kier alpha value is -0.970. The minimum atomic E-state index is -0.269. The van der Waals surface area contributed by atoms with E-state index in [0.717, 1.165) is 25.1 Å². The summed E-state index contributed by atoms with van der Waals surface area (Å²) in [6.45, 7) is 2.82. The second-order valence-electron chi connectivity index (χ2n) is 5.01. The largest absolute Gasteiger partial charge is 0.393 e. The molecule has 0 aliphatic carbocycles. The highest BCUT2D eigenvalue weighted by Crippen LogP contribution is 2.16. The molecule has 2 rings (SSSR count). The van der Waals surface area contributed by atoms with Gasteiger partial charge in [0.05, 0.1) is 12.7 Å². The molecule has 1 fully saturated rings. The van der Waals surface area contributed by atoms with Gasteiger partial charge in [-0.25, -0.2) is 4.39 Å². The summed E-state index contributed by atoms with van der Waals surface area (Å²) in [5.41, 5.74) is 1.07. The van der Waals surface area contributed by atoms with Gasteiger partial charge in [0.1, 0.15) is 5.82 Å². The summed E-state index contributed by atoms with van der Waals surface area (Å²) in [5, 5.41) is 9.86. The molecule has 1 aliphatic heterocycles. The minimum Gasteiger partial charge on any atom is -0.393 e. The van der Waals surface area contributed by atoms with Crippen LogP contribution in [0.5, 0.6) is 0 Å². The van der Waals surface area contributed by atoms with Gasteiger partial charge in [-0.3, -0.25) is 0 Å². The zero-order valence-corrected chi connectivity index (χ0v) is 10.7. The van der Waals surface area contributed by atoms with Crippen LogP contribution in [0.1, 0.15) is 12.0 Å². The second kappa shape index (κ2) is 6.27. The maximum absolute atomic E-state index is 12.8. The number of rotatable bonds is 4. The van der Waals surface area contributed by atoms with E-state index in [1.807, 2.05) is 7.05 Å². The Bertz CT molecular complexity index is 369. The first kappa shape index (κ1) is 13.5. The molecule has 2 atom stereocenters. The van der Waals surface area contributed by atoms with E-state index >= 15 is 0 Å². The molecule has 1 N–H and O–H groups in total. The van der Waals surface area contributed by atoms with Crippen molar-refractivity contribution in [1.82, 2.24) is 4.90 Å². The standard InChI is InChI=1S/C14H20FNO2/c1-16(8-11-2-4-13(15)5-3-11)9-12-10-18-7-6-14(12)17/h2-5,12,14,17H,6-10H2,1H3. The number of aliphatic hydroxyl groups is 1. The lowest BCUT2D eigenvalue weighted by molar-refractivity contribution is -0.0451. The highest BCUT2D eigenvalue weighted by Gasteiger charge is 2.24. The van der Waals surface area contributed by atoms with Gasteiger partial charge in [0.2, 0.25) is 0 Å². The van der Waals surface area contributed by atoms with Crippen LogP contribution in [0, 0.1) is 11.7 Å². The van der Waals surface area contributed by atoms with Gasteiger partial charge in [0, 0.05) is 25.6 Å². The normalized spacial score (nSPS) is 24.4. The van der Waals surface area contributed by atoms with E-state index in [9.17, 15) is 9.50 Å². The third-order valence-corrected chi connectivity index (χ3v) is 3.35. The van der Waals surface area contributed by atoms with Crippen LogP contribution in [0.25, 0.3) is 0 Å². The number of hydrogen-bond donors (Lipinski definition) is 1. The molecule has 0 saturated carbocycles. The fourth-order valence-electron chi connectivity index (χ4n) is 2.33. The zero-order valence-electron chi connectivity index (χ0n) is 10.7. The molecular formula is C14H20FNO2. The summed E-state index contributed by atoms with van der Waals surface area (Å²) >= 11 is 0. The van der Waals surface area contributed by atoms with Crippen molar-refractivity contribution in [3.63, 3.8) is 0 Å². The Morgan fingerprint density at radius 3 is 2.78 bits per heavy atom. The monoisotopic (exact) mass is 253 g/mol. The molecule has 1 aromatic rings. The maximum atomic E-state index is 12.8. The number of benzene rings is 1. The van der Waals surface area contributed by atoms with E-state index in [-0.39, 0.29) is 17.8 Å². The average Bonchev–Trinajstić information content (AvgIpc) is 2.35. The lowest BCUT2D eigenvalue weighted by Gasteiger charge is -2.31. The van der Waals surface area contributed by atoms with E-state index in [1.54, 1.807) is 12.1 Å². The van der Waals surface area contributed by atoms with Crippen molar-refractivity contribution < 1.29 is 14.2 Å². The SMILES string of the molecule is CN(Cc1ccc(F)cc1)CC1COCCC1O. The summed E-state index contributed by atoms with van der Waals surface area (Å²) in [7, 11) is 2.00. The van der Waals surface area contributed by atoms with Crippen molar-refractivity contribution >= 4 is 0 Å². The molecule has 2 unspecified atom stereocenters. The topological polar surface area (TPSA) is 32.7 Å². The molecule has 1 heterocycles. The van der Waals surface area contributed by atoms with E-state index in [4.69, 9.17) is 4.74 Å². The summed E-state index contributed by atoms with van der Waals surface area (Å²) < 4.78 is 18.2. The molecule has 100 valence electrons. The summed E-state index contributed by atoms with van der Waals surface area (Å²) in [5.74, 6) is -0.0401. The molecule has 0 spiro atoms. The second-order valence-corrected chi connectivity index (χ2v) is 5.01. The Morgan fingerprint density at radius 2 is 2.11 bits per heavy atom. The number of halogens is 1. The molecule has 4 heteroatoms. The van der Waals surface area contributed by atoms with E-state index in [0.29, 0.717) is 13.2 Å². The first-order valence-corrected chi connectivity index (χ1v) is 6.34. The summed E-state index contributed by atoms with van der Waals surface area (Å²) in [6, 6.07) is 6.53. The van der Waals surface area contributed by atoms with Crippen molar-refractivity contribution in [2.45, 2.75) is 19.1 Å². The van der Waals surface area contributed by atoms with Gasteiger partial charge in [0.25, 0.3) is 0 Å². The molecule has 0 amide bonds. The lowest BCUT2D eigenvalue weighted by Crippen LogP contribution is -2.39. The van der Waals surface area contributed by atoms with Crippen LogP contribution in [0.4, 0.5) is 4.39 Å². The quantitative estimate of drug-likeness (QED) is 0.885. The Labute approximate surface area is 107 Å². The molecule has 0 aromatic heterocycles. The average molecular weight is 253 g/mol. The van der Waals surface area contributed by atoms with Crippen LogP contribution in [0.2, 0.25) is 0 Å². The van der Waals surface area contributed by atoms with Crippen molar-refractivity contribution in [1.29, 1.82) is 0 Å². The van der Waals surface area contributed by atoms with Crippen LogP contribution < -0.4 is 0 Å². The van der Waals surface area contributed by atoms with E-state index < -0.39 is 0 Å². The van der Waals surface area contributed by atoms with Gasteiger partial charge in [-0.1, -0.05) is 12.1 Å². The Balaban J connectivity index is 1.84. The molecular weight excluding hydrogens is 233 g/mol. The molecule has 0 bridgehead atoms. The van der Waals surface area contributed by atoms with Gasteiger partial charge in [0.15, 0.2) is 0 Å². The van der Waals surface area contributed by atoms with Gasteiger partial charge in [-0.05, 0) is 31.2 Å². The number of nitrogens with zero attached hydrogens (tertiary/aromatic N) is 1. The van der Waals surface area contributed by atoms with Crippen molar-refractivity contribution in [3.8, 4) is 0 Å². The minimum absolute atomic E-state index is 0.171. The third-order valence-electron chi connectivity index (χ3n) is 3.35. The predicted octanol–water partition coefficient (Wildman–Crippen LogP) is 1.65. The zero-order chi connectivity index (χ0) is 13.0. The van der Waals surface area contributed by atoms with Crippen LogP contribution >= 0.6 is 0 Å². The van der Waals surface area contributed by atoms with Crippen molar-refractivity contribution in [3.05, 3.63) is 35.6 Å². The molecule has 0 radical (unpaired) electrons. The third kappa shape index (κ3) is 3.77. The van der Waals surface area contributed by atoms with E-state index in [1.165, 1.54) is 12.1 Å². The van der Waals surface area contributed by atoms with Gasteiger partial charge in [-0.2, -0.15) is 0 Å². The van der Waals surface area contributed by atoms with Crippen molar-refractivity contribution in [2.75, 3.05) is 26.8 Å². The summed E-state index contributed by atoms with van der Waals surface area (Å²) in [6.07, 6.45) is 0.448.